The topological polar surface area (TPSA) is 56.4 Å². The van der Waals surface area contributed by atoms with Gasteiger partial charge in [-0.05, 0) is 25.2 Å². The van der Waals surface area contributed by atoms with Crippen molar-refractivity contribution in [2.45, 2.75) is 13.8 Å². The van der Waals surface area contributed by atoms with E-state index >= 15 is 0 Å². The number of hydrogen-bond acceptors (Lipinski definition) is 4. The minimum atomic E-state index is -0.00907. The lowest BCUT2D eigenvalue weighted by atomic mass is 10.1. The summed E-state index contributed by atoms with van der Waals surface area (Å²) in [5.74, 6) is -0.00907. The molecule has 0 aliphatic carbocycles. The van der Waals surface area contributed by atoms with Crippen LogP contribution in [-0.2, 0) is 0 Å². The van der Waals surface area contributed by atoms with Gasteiger partial charge in [0.15, 0.2) is 0 Å². The Morgan fingerprint density at radius 1 is 1.25 bits per heavy atom. The van der Waals surface area contributed by atoms with E-state index in [0.717, 1.165) is 44.1 Å². The maximum absolute atomic E-state index is 12.3. The summed E-state index contributed by atoms with van der Waals surface area (Å²) >= 11 is 0. The van der Waals surface area contributed by atoms with Gasteiger partial charge in [-0.3, -0.25) is 4.79 Å². The maximum Gasteiger partial charge on any atom is 0.253 e. The average molecular weight is 276 g/mol. The van der Waals surface area contributed by atoms with Gasteiger partial charge in [-0.2, -0.15) is 0 Å². The van der Waals surface area contributed by atoms with Crippen molar-refractivity contribution in [1.82, 2.24) is 10.2 Å². The second-order valence-corrected chi connectivity index (χ2v) is 4.86. The third-order valence-electron chi connectivity index (χ3n) is 3.66. The molecule has 0 atom stereocenters. The highest BCUT2D eigenvalue weighted by Crippen LogP contribution is 2.28. The van der Waals surface area contributed by atoms with Crippen LogP contribution in [0.15, 0.2) is 18.2 Å². The minimum Gasteiger partial charge on any atom is -0.382 e. The number of benzene rings is 1. The monoisotopic (exact) mass is 276 g/mol. The number of amides is 1. The number of hydrogen-bond donors (Lipinski definition) is 3. The Hall–Kier alpha value is -1.75. The van der Waals surface area contributed by atoms with Crippen LogP contribution < -0.4 is 16.0 Å². The van der Waals surface area contributed by atoms with Crippen LogP contribution in [-0.4, -0.2) is 50.1 Å². The minimum absolute atomic E-state index is 0.00907. The van der Waals surface area contributed by atoms with Crippen molar-refractivity contribution < 1.29 is 4.79 Å². The third kappa shape index (κ3) is 3.42. The zero-order valence-corrected chi connectivity index (χ0v) is 12.3. The van der Waals surface area contributed by atoms with Crippen LogP contribution in [0.1, 0.15) is 24.2 Å². The highest BCUT2D eigenvalue weighted by Gasteiger charge is 2.16. The van der Waals surface area contributed by atoms with Crippen molar-refractivity contribution in [2.24, 2.45) is 0 Å². The summed E-state index contributed by atoms with van der Waals surface area (Å²) in [5, 5.41) is 9.60. The summed E-state index contributed by atoms with van der Waals surface area (Å²) in [6.45, 7) is 9.59. The lowest BCUT2D eigenvalue weighted by Gasteiger charge is -2.23. The normalized spacial score (nSPS) is 13.3. The van der Waals surface area contributed by atoms with E-state index in [4.69, 9.17) is 0 Å². The van der Waals surface area contributed by atoms with Crippen LogP contribution in [0.25, 0.3) is 0 Å². The zero-order chi connectivity index (χ0) is 14.4. The van der Waals surface area contributed by atoms with Crippen LogP contribution in [0, 0.1) is 0 Å². The molecule has 0 saturated carbocycles. The fraction of sp³-hybridized carbons (Fsp3) is 0.533. The van der Waals surface area contributed by atoms with Crippen LogP contribution in [0.3, 0.4) is 0 Å². The molecule has 2 rings (SSSR count). The number of nitrogens with zero attached hydrogens (tertiary/aromatic N) is 1. The number of rotatable bonds is 6. The predicted molar refractivity (Wildman–Crippen MR) is 83.5 cm³/mol. The largest absolute Gasteiger partial charge is 0.382 e. The first-order valence-electron chi connectivity index (χ1n) is 7.37. The smallest absolute Gasteiger partial charge is 0.253 e. The molecule has 1 aliphatic heterocycles. The Kier molecular flexibility index (Phi) is 5.24. The Bertz CT molecular complexity index is 457. The fourth-order valence-electron chi connectivity index (χ4n) is 2.43. The van der Waals surface area contributed by atoms with Gasteiger partial charge in [0.25, 0.3) is 5.91 Å². The van der Waals surface area contributed by atoms with Gasteiger partial charge in [0, 0.05) is 26.2 Å². The van der Waals surface area contributed by atoms with Gasteiger partial charge in [0.1, 0.15) is 0 Å². The lowest BCUT2D eigenvalue weighted by Crippen LogP contribution is -2.35. The molecule has 0 aromatic heterocycles. The summed E-state index contributed by atoms with van der Waals surface area (Å²) in [7, 11) is 0. The summed E-state index contributed by atoms with van der Waals surface area (Å²) in [6, 6.07) is 5.78. The molecule has 20 heavy (non-hydrogen) atoms. The second kappa shape index (κ2) is 7.14. The van der Waals surface area contributed by atoms with E-state index < -0.39 is 0 Å². The molecule has 0 saturated heterocycles. The molecule has 0 bridgehead atoms. The number of nitrogens with one attached hydrogen (secondary N) is 3. The number of para-hydroxylation sites is 1. The number of carbonyl (C=O) groups excluding carboxylic acids is 1. The molecule has 1 aromatic carbocycles. The first-order chi connectivity index (χ1) is 9.76. The fourth-order valence-corrected chi connectivity index (χ4v) is 2.43. The Morgan fingerprint density at radius 2 is 2.00 bits per heavy atom. The van der Waals surface area contributed by atoms with E-state index in [-0.39, 0.29) is 5.91 Å². The van der Waals surface area contributed by atoms with Crippen LogP contribution in [0.4, 0.5) is 11.4 Å². The molecule has 5 nitrogen and oxygen atoms in total. The second-order valence-electron chi connectivity index (χ2n) is 4.86. The number of carbonyl (C=O) groups is 1. The summed E-state index contributed by atoms with van der Waals surface area (Å²) in [4.78, 5) is 14.6. The van der Waals surface area contributed by atoms with Crippen molar-refractivity contribution in [2.75, 3.05) is 49.9 Å². The SMILES string of the molecule is CCN(CC)CCNC(=O)c1cccc2c1NCCN2. The molecule has 1 amide bonds. The van der Waals surface area contributed by atoms with Crippen LogP contribution in [0.5, 0.6) is 0 Å². The quantitative estimate of drug-likeness (QED) is 0.738. The highest BCUT2D eigenvalue weighted by molar-refractivity contribution is 6.02. The molecule has 110 valence electrons. The van der Waals surface area contributed by atoms with Gasteiger partial charge in [-0.15, -0.1) is 0 Å². The Morgan fingerprint density at radius 3 is 2.75 bits per heavy atom. The Balaban J connectivity index is 1.96. The standard InChI is InChI=1S/C15H24N4O/c1-3-19(4-2)11-10-18-15(20)12-6-5-7-13-14(12)17-9-8-16-13/h5-7,16-17H,3-4,8-11H2,1-2H3,(H,18,20). The third-order valence-corrected chi connectivity index (χ3v) is 3.66. The summed E-state index contributed by atoms with van der Waals surface area (Å²) < 4.78 is 0. The summed E-state index contributed by atoms with van der Waals surface area (Å²) in [6.07, 6.45) is 0. The van der Waals surface area contributed by atoms with Crippen molar-refractivity contribution >= 4 is 17.3 Å². The predicted octanol–water partition coefficient (Wildman–Crippen LogP) is 1.60. The molecular weight excluding hydrogens is 252 g/mol. The van der Waals surface area contributed by atoms with Crippen molar-refractivity contribution in [3.05, 3.63) is 23.8 Å². The zero-order valence-electron chi connectivity index (χ0n) is 12.3. The van der Waals surface area contributed by atoms with E-state index in [0.29, 0.717) is 12.1 Å². The molecule has 0 unspecified atom stereocenters. The van der Waals surface area contributed by atoms with Gasteiger partial charge in [0.05, 0.1) is 16.9 Å². The van der Waals surface area contributed by atoms with Crippen LogP contribution >= 0.6 is 0 Å². The average Bonchev–Trinajstić information content (AvgIpc) is 2.51. The Labute approximate surface area is 120 Å². The van der Waals surface area contributed by atoms with Crippen molar-refractivity contribution in [3.63, 3.8) is 0 Å². The van der Waals surface area contributed by atoms with E-state index in [2.05, 4.69) is 34.7 Å². The highest BCUT2D eigenvalue weighted by atomic mass is 16.1. The van der Waals surface area contributed by atoms with Gasteiger partial charge in [0.2, 0.25) is 0 Å². The van der Waals surface area contributed by atoms with Crippen molar-refractivity contribution in [3.8, 4) is 0 Å². The summed E-state index contributed by atoms with van der Waals surface area (Å²) in [5.41, 5.74) is 2.64. The molecule has 1 heterocycles. The molecule has 0 radical (unpaired) electrons. The molecule has 0 fully saturated rings. The van der Waals surface area contributed by atoms with Gasteiger partial charge in [-0.25, -0.2) is 0 Å². The number of likely N-dealkylation sites (N-methyl/N-ethyl adjacent to an activating group) is 1. The van der Waals surface area contributed by atoms with E-state index in [1.54, 1.807) is 0 Å². The first kappa shape index (κ1) is 14.7. The number of fused-ring (bicyclic) bond motifs is 1. The van der Waals surface area contributed by atoms with Gasteiger partial charge in [-0.1, -0.05) is 19.9 Å². The molecule has 3 N–H and O–H groups in total. The van der Waals surface area contributed by atoms with E-state index in [1.165, 1.54) is 0 Å². The molecular formula is C15H24N4O. The number of anilines is 2. The van der Waals surface area contributed by atoms with Crippen LogP contribution in [0.2, 0.25) is 0 Å². The van der Waals surface area contributed by atoms with E-state index in [1.807, 2.05) is 18.2 Å². The molecule has 1 aliphatic rings. The lowest BCUT2D eigenvalue weighted by molar-refractivity contribution is 0.0949. The first-order valence-corrected chi connectivity index (χ1v) is 7.37. The van der Waals surface area contributed by atoms with Gasteiger partial charge >= 0.3 is 0 Å². The van der Waals surface area contributed by atoms with Crippen molar-refractivity contribution in [1.29, 1.82) is 0 Å². The molecule has 1 aromatic rings. The van der Waals surface area contributed by atoms with Gasteiger partial charge < -0.3 is 20.9 Å². The molecule has 5 heteroatoms. The van der Waals surface area contributed by atoms with E-state index in [9.17, 15) is 4.79 Å². The molecule has 0 spiro atoms. The maximum atomic E-state index is 12.3.